The van der Waals surface area contributed by atoms with E-state index in [0.717, 1.165) is 0 Å². The number of nitrogens with zero attached hydrogens (tertiary/aromatic N) is 2. The van der Waals surface area contributed by atoms with Crippen molar-refractivity contribution in [2.45, 2.75) is 39.8 Å². The molecule has 1 aromatic heterocycles. The molecule has 0 saturated heterocycles. The smallest absolute Gasteiger partial charge is 0.359 e. The van der Waals surface area contributed by atoms with Crippen LogP contribution < -0.4 is 11.5 Å². The normalized spacial score (nSPS) is 12.2. The van der Waals surface area contributed by atoms with Gasteiger partial charge in [-0.1, -0.05) is 6.92 Å². The molecule has 1 heterocycles. The third kappa shape index (κ3) is 2.61. The Morgan fingerprint density at radius 2 is 2.06 bits per heavy atom. The highest BCUT2D eigenvalue weighted by Gasteiger charge is 2.25. The maximum Gasteiger partial charge on any atom is 0.359 e. The Morgan fingerprint density at radius 3 is 2.50 bits per heavy atom. The molecule has 0 spiro atoms. The van der Waals surface area contributed by atoms with E-state index in [9.17, 15) is 9.59 Å². The van der Waals surface area contributed by atoms with Crippen LogP contribution >= 0.6 is 0 Å². The number of nitrogens with two attached hydrogens (primary N) is 2. The van der Waals surface area contributed by atoms with Gasteiger partial charge in [0.05, 0.1) is 11.4 Å². The maximum absolute atomic E-state index is 12.0. The van der Waals surface area contributed by atoms with Crippen LogP contribution in [0.4, 0.5) is 5.69 Å². The molecule has 0 radical (unpaired) electrons. The summed E-state index contributed by atoms with van der Waals surface area (Å²) >= 11 is 0. The van der Waals surface area contributed by atoms with Crippen LogP contribution in [0.5, 0.6) is 0 Å². The van der Waals surface area contributed by atoms with Gasteiger partial charge in [0.1, 0.15) is 0 Å². The van der Waals surface area contributed by atoms with Crippen LogP contribution in [0.3, 0.4) is 0 Å². The molecule has 1 atom stereocenters. The van der Waals surface area contributed by atoms with Gasteiger partial charge in [-0.05, 0) is 20.3 Å². The summed E-state index contributed by atoms with van der Waals surface area (Å²) in [6, 6.07) is 0. The molecular weight excluding hydrogens is 236 g/mol. The second-order valence-electron chi connectivity index (χ2n) is 3.87. The molecule has 7 heteroatoms. The fourth-order valence-electron chi connectivity index (χ4n) is 1.57. The van der Waals surface area contributed by atoms with Crippen LogP contribution in [0.25, 0.3) is 0 Å². The van der Waals surface area contributed by atoms with Crippen molar-refractivity contribution in [2.24, 2.45) is 5.73 Å². The predicted molar refractivity (Wildman–Crippen MR) is 65.7 cm³/mol. The highest BCUT2D eigenvalue weighted by Crippen LogP contribution is 2.18. The van der Waals surface area contributed by atoms with E-state index in [1.807, 2.05) is 6.92 Å². The molecule has 0 aliphatic rings. The Morgan fingerprint density at radius 1 is 1.44 bits per heavy atom. The van der Waals surface area contributed by atoms with Crippen molar-refractivity contribution in [3.63, 3.8) is 0 Å². The summed E-state index contributed by atoms with van der Waals surface area (Å²) in [6.45, 7) is 5.71. The van der Waals surface area contributed by atoms with Gasteiger partial charge < -0.3 is 16.2 Å². The first-order chi connectivity index (χ1) is 8.42. The van der Waals surface area contributed by atoms with Crippen molar-refractivity contribution in [2.75, 3.05) is 5.73 Å². The molecule has 100 valence electrons. The third-order valence-electron chi connectivity index (χ3n) is 2.60. The second-order valence-corrected chi connectivity index (χ2v) is 3.87. The average Bonchev–Trinajstić information content (AvgIpc) is 2.61. The molecule has 4 N–H and O–H groups in total. The monoisotopic (exact) mass is 254 g/mol. The topological polar surface area (TPSA) is 113 Å². The van der Waals surface area contributed by atoms with Crippen LogP contribution in [-0.2, 0) is 16.1 Å². The summed E-state index contributed by atoms with van der Waals surface area (Å²) in [4.78, 5) is 23.0. The van der Waals surface area contributed by atoms with Crippen LogP contribution in [0.15, 0.2) is 0 Å². The molecule has 0 aliphatic heterocycles. The SMILES string of the molecule is CCC(OC(=O)c1c(N)c(C)nn1CC)C(N)=O. The number of amides is 1. The van der Waals surface area contributed by atoms with E-state index in [0.29, 0.717) is 18.7 Å². The van der Waals surface area contributed by atoms with Crippen molar-refractivity contribution in [1.82, 2.24) is 9.78 Å². The lowest BCUT2D eigenvalue weighted by molar-refractivity contribution is -0.126. The molecule has 0 aromatic carbocycles. The Kier molecular flexibility index (Phi) is 4.30. The number of hydrogen-bond acceptors (Lipinski definition) is 5. The highest BCUT2D eigenvalue weighted by molar-refractivity contribution is 5.95. The third-order valence-corrected chi connectivity index (χ3v) is 2.60. The van der Waals surface area contributed by atoms with Gasteiger partial charge >= 0.3 is 5.97 Å². The maximum atomic E-state index is 12.0. The van der Waals surface area contributed by atoms with E-state index in [1.54, 1.807) is 13.8 Å². The first kappa shape index (κ1) is 14.0. The van der Waals surface area contributed by atoms with Gasteiger partial charge in [0, 0.05) is 6.54 Å². The summed E-state index contributed by atoms with van der Waals surface area (Å²) in [6.07, 6.45) is -0.627. The second kappa shape index (κ2) is 5.52. The molecule has 18 heavy (non-hydrogen) atoms. The Bertz CT molecular complexity index is 467. The average molecular weight is 254 g/mol. The summed E-state index contributed by atoms with van der Waals surface area (Å²) in [5.41, 5.74) is 11.9. The van der Waals surface area contributed by atoms with Gasteiger partial charge in [-0.2, -0.15) is 5.10 Å². The zero-order valence-corrected chi connectivity index (χ0v) is 10.8. The van der Waals surface area contributed by atoms with Crippen LogP contribution in [-0.4, -0.2) is 27.8 Å². The molecule has 1 amide bonds. The number of esters is 1. The number of hydrogen-bond donors (Lipinski definition) is 2. The summed E-state index contributed by atoms with van der Waals surface area (Å²) in [7, 11) is 0. The number of carbonyl (C=O) groups is 2. The van der Waals surface area contributed by atoms with E-state index in [-0.39, 0.29) is 11.4 Å². The minimum Gasteiger partial charge on any atom is -0.448 e. The number of rotatable bonds is 5. The van der Waals surface area contributed by atoms with Crippen molar-refractivity contribution in [3.05, 3.63) is 11.4 Å². The largest absolute Gasteiger partial charge is 0.448 e. The summed E-state index contributed by atoms with van der Waals surface area (Å²) in [5, 5.41) is 4.10. The quantitative estimate of drug-likeness (QED) is 0.729. The number of primary amides is 1. The minimum atomic E-state index is -0.947. The van der Waals surface area contributed by atoms with E-state index >= 15 is 0 Å². The first-order valence-electron chi connectivity index (χ1n) is 5.75. The Hall–Kier alpha value is -2.05. The van der Waals surface area contributed by atoms with Crippen molar-refractivity contribution < 1.29 is 14.3 Å². The molecule has 7 nitrogen and oxygen atoms in total. The molecule has 1 aromatic rings. The molecule has 0 fully saturated rings. The fraction of sp³-hybridized carbons (Fsp3) is 0.545. The van der Waals surface area contributed by atoms with Gasteiger partial charge in [0.25, 0.3) is 5.91 Å². The van der Waals surface area contributed by atoms with E-state index in [2.05, 4.69) is 5.10 Å². The van der Waals surface area contributed by atoms with Gasteiger partial charge in [-0.15, -0.1) is 0 Å². The molecule has 1 rings (SSSR count). The Balaban J connectivity index is 3.00. The lowest BCUT2D eigenvalue weighted by Crippen LogP contribution is -2.33. The van der Waals surface area contributed by atoms with Gasteiger partial charge in [-0.25, -0.2) is 4.79 Å². The van der Waals surface area contributed by atoms with E-state index < -0.39 is 18.0 Å². The van der Waals surface area contributed by atoms with Crippen molar-refractivity contribution >= 4 is 17.6 Å². The number of nitrogen functional groups attached to an aromatic ring is 1. The summed E-state index contributed by atoms with van der Waals surface area (Å²) in [5.74, 6) is -1.36. The molecular formula is C11H18N4O3. The highest BCUT2D eigenvalue weighted by atomic mass is 16.5. The lowest BCUT2D eigenvalue weighted by Gasteiger charge is -2.13. The number of aromatic nitrogens is 2. The van der Waals surface area contributed by atoms with Crippen molar-refractivity contribution in [3.8, 4) is 0 Å². The lowest BCUT2D eigenvalue weighted by atomic mass is 10.2. The number of anilines is 1. The number of aryl methyl sites for hydroxylation is 2. The zero-order chi connectivity index (χ0) is 13.9. The van der Waals surface area contributed by atoms with Crippen LogP contribution in [0.1, 0.15) is 36.5 Å². The standard InChI is InChI=1S/C11H18N4O3/c1-4-7(10(13)16)18-11(17)9-8(12)6(3)14-15(9)5-2/h7H,4-5,12H2,1-3H3,(H2,13,16). The number of ether oxygens (including phenoxy) is 1. The van der Waals surface area contributed by atoms with Gasteiger partial charge in [0.15, 0.2) is 11.8 Å². The van der Waals surface area contributed by atoms with Crippen LogP contribution in [0.2, 0.25) is 0 Å². The van der Waals surface area contributed by atoms with Crippen LogP contribution in [0, 0.1) is 6.92 Å². The molecule has 0 bridgehead atoms. The first-order valence-corrected chi connectivity index (χ1v) is 5.75. The number of carbonyl (C=O) groups excluding carboxylic acids is 2. The Labute approximate surface area is 105 Å². The van der Waals surface area contributed by atoms with Gasteiger partial charge in [-0.3, -0.25) is 9.48 Å². The van der Waals surface area contributed by atoms with Gasteiger partial charge in [0.2, 0.25) is 0 Å². The molecule has 0 aliphatic carbocycles. The fourth-order valence-corrected chi connectivity index (χ4v) is 1.57. The zero-order valence-electron chi connectivity index (χ0n) is 10.8. The van der Waals surface area contributed by atoms with E-state index in [4.69, 9.17) is 16.2 Å². The predicted octanol–water partition coefficient (Wildman–Crippen LogP) is 0.214. The molecule has 0 saturated carbocycles. The molecule has 1 unspecified atom stereocenters. The minimum absolute atomic E-state index is 0.162. The van der Waals surface area contributed by atoms with Crippen molar-refractivity contribution in [1.29, 1.82) is 0 Å². The van der Waals surface area contributed by atoms with E-state index in [1.165, 1.54) is 4.68 Å². The summed E-state index contributed by atoms with van der Waals surface area (Å²) < 4.78 is 6.47.